The predicted molar refractivity (Wildman–Crippen MR) is 85.1 cm³/mol. The Morgan fingerprint density at radius 1 is 1.45 bits per heavy atom. The lowest BCUT2D eigenvalue weighted by Crippen LogP contribution is -2.36. The second-order valence-corrected chi connectivity index (χ2v) is 7.49. The van der Waals surface area contributed by atoms with Crippen LogP contribution in [0.15, 0.2) is 10.5 Å². The van der Waals surface area contributed by atoms with Crippen molar-refractivity contribution in [2.24, 2.45) is 0 Å². The zero-order valence-corrected chi connectivity index (χ0v) is 13.5. The maximum absolute atomic E-state index is 5.95. The fraction of sp³-hybridized carbons (Fsp3) is 0.750. The van der Waals surface area contributed by atoms with Gasteiger partial charge in [-0.05, 0) is 32.3 Å². The molecule has 2 fully saturated rings. The lowest BCUT2D eigenvalue weighted by Gasteiger charge is -2.31. The summed E-state index contributed by atoms with van der Waals surface area (Å²) in [6.07, 6.45) is 3.95. The smallest absolute Gasteiger partial charge is 0.118 e. The van der Waals surface area contributed by atoms with Crippen LogP contribution in [0.3, 0.4) is 0 Å². The number of thioether (sulfide) groups is 1. The second kappa shape index (κ2) is 6.54. The number of furan rings is 1. The first-order valence-electron chi connectivity index (χ1n) is 7.90. The highest BCUT2D eigenvalue weighted by Crippen LogP contribution is 2.24. The van der Waals surface area contributed by atoms with E-state index in [-0.39, 0.29) is 0 Å². The Morgan fingerprint density at radius 3 is 3.05 bits per heavy atom. The molecule has 20 heavy (non-hydrogen) atoms. The van der Waals surface area contributed by atoms with E-state index in [1.54, 1.807) is 0 Å². The standard InChI is InChI=1S/C16H26N2OS/c1-3-16-11-18(6-7-20-16)10-15-8-13(12(2)19-15)9-17-14-4-5-14/h8,14,16-17H,3-7,9-11H2,1-2H3. The largest absolute Gasteiger partial charge is 0.465 e. The van der Waals surface area contributed by atoms with E-state index in [1.165, 1.54) is 43.7 Å². The Hall–Kier alpha value is -0.450. The number of aryl methyl sites for hydroxylation is 1. The van der Waals surface area contributed by atoms with E-state index in [9.17, 15) is 0 Å². The Labute approximate surface area is 126 Å². The highest BCUT2D eigenvalue weighted by molar-refractivity contribution is 8.00. The van der Waals surface area contributed by atoms with E-state index in [1.807, 2.05) is 0 Å². The third-order valence-corrected chi connectivity index (χ3v) is 5.66. The minimum atomic E-state index is 0.761. The Kier molecular flexibility index (Phi) is 4.74. The number of nitrogens with zero attached hydrogens (tertiary/aromatic N) is 1. The fourth-order valence-electron chi connectivity index (χ4n) is 2.77. The minimum absolute atomic E-state index is 0.761. The highest BCUT2D eigenvalue weighted by atomic mass is 32.2. The van der Waals surface area contributed by atoms with Crippen molar-refractivity contribution in [1.82, 2.24) is 10.2 Å². The van der Waals surface area contributed by atoms with Crippen LogP contribution in [0.25, 0.3) is 0 Å². The van der Waals surface area contributed by atoms with Crippen LogP contribution in [0.2, 0.25) is 0 Å². The van der Waals surface area contributed by atoms with Crippen LogP contribution in [0.4, 0.5) is 0 Å². The monoisotopic (exact) mass is 294 g/mol. The summed E-state index contributed by atoms with van der Waals surface area (Å²) in [5, 5.41) is 4.37. The summed E-state index contributed by atoms with van der Waals surface area (Å²) in [6.45, 7) is 8.72. The van der Waals surface area contributed by atoms with Gasteiger partial charge in [-0.1, -0.05) is 6.92 Å². The summed E-state index contributed by atoms with van der Waals surface area (Å²) in [6, 6.07) is 3.02. The van der Waals surface area contributed by atoms with Gasteiger partial charge in [0.2, 0.25) is 0 Å². The lowest BCUT2D eigenvalue weighted by molar-refractivity contribution is 0.248. The molecule has 1 saturated heterocycles. The zero-order valence-electron chi connectivity index (χ0n) is 12.7. The average molecular weight is 294 g/mol. The van der Waals surface area contributed by atoms with E-state index >= 15 is 0 Å². The molecule has 112 valence electrons. The number of hydrogen-bond donors (Lipinski definition) is 1. The van der Waals surface area contributed by atoms with Gasteiger partial charge < -0.3 is 9.73 Å². The molecule has 1 atom stereocenters. The third-order valence-electron chi connectivity index (χ3n) is 4.29. The Morgan fingerprint density at radius 2 is 2.30 bits per heavy atom. The van der Waals surface area contributed by atoms with Crippen LogP contribution in [-0.4, -0.2) is 35.0 Å². The summed E-state index contributed by atoms with van der Waals surface area (Å²) in [5.74, 6) is 3.48. The normalized spacial score (nSPS) is 24.2. The summed E-state index contributed by atoms with van der Waals surface area (Å²) in [7, 11) is 0. The van der Waals surface area contributed by atoms with Crippen molar-refractivity contribution < 1.29 is 4.42 Å². The molecule has 2 heterocycles. The topological polar surface area (TPSA) is 28.4 Å². The lowest BCUT2D eigenvalue weighted by atomic mass is 10.2. The van der Waals surface area contributed by atoms with Gasteiger partial charge in [-0.15, -0.1) is 0 Å². The quantitative estimate of drug-likeness (QED) is 0.872. The maximum atomic E-state index is 5.95. The van der Waals surface area contributed by atoms with Gasteiger partial charge in [-0.2, -0.15) is 11.8 Å². The van der Waals surface area contributed by atoms with Crippen LogP contribution >= 0.6 is 11.8 Å². The van der Waals surface area contributed by atoms with Crippen molar-refractivity contribution >= 4 is 11.8 Å². The molecule has 0 radical (unpaired) electrons. The van der Waals surface area contributed by atoms with Crippen LogP contribution in [0.5, 0.6) is 0 Å². The van der Waals surface area contributed by atoms with Gasteiger partial charge in [0.1, 0.15) is 11.5 Å². The maximum Gasteiger partial charge on any atom is 0.118 e. The molecule has 4 heteroatoms. The van der Waals surface area contributed by atoms with Crippen molar-refractivity contribution in [2.75, 3.05) is 18.8 Å². The van der Waals surface area contributed by atoms with Gasteiger partial charge in [0.25, 0.3) is 0 Å². The molecule has 1 aliphatic heterocycles. The summed E-state index contributed by atoms with van der Waals surface area (Å²) in [4.78, 5) is 2.54. The number of hydrogen-bond acceptors (Lipinski definition) is 4. The van der Waals surface area contributed by atoms with Gasteiger partial charge in [-0.3, -0.25) is 4.90 Å². The van der Waals surface area contributed by atoms with E-state index in [2.05, 4.69) is 41.9 Å². The van der Waals surface area contributed by atoms with Crippen LogP contribution in [0, 0.1) is 6.92 Å². The number of rotatable bonds is 6. The molecule has 3 nitrogen and oxygen atoms in total. The van der Waals surface area contributed by atoms with Crippen molar-refractivity contribution in [2.45, 2.75) is 57.5 Å². The Bertz CT molecular complexity index is 442. The van der Waals surface area contributed by atoms with Crippen LogP contribution in [-0.2, 0) is 13.1 Å². The molecule has 1 aromatic heterocycles. The molecular formula is C16H26N2OS. The van der Waals surface area contributed by atoms with Crippen molar-refractivity contribution in [3.8, 4) is 0 Å². The van der Waals surface area contributed by atoms with E-state index in [0.29, 0.717) is 0 Å². The highest BCUT2D eigenvalue weighted by Gasteiger charge is 2.22. The first-order chi connectivity index (χ1) is 9.74. The van der Waals surface area contributed by atoms with E-state index < -0.39 is 0 Å². The molecule has 3 rings (SSSR count). The number of nitrogens with one attached hydrogen (secondary N) is 1. The predicted octanol–water partition coefficient (Wildman–Crippen LogP) is 3.17. The van der Waals surface area contributed by atoms with Gasteiger partial charge in [0.15, 0.2) is 0 Å². The van der Waals surface area contributed by atoms with Gasteiger partial charge in [0.05, 0.1) is 6.54 Å². The fourth-order valence-corrected chi connectivity index (χ4v) is 4.02. The summed E-state index contributed by atoms with van der Waals surface area (Å²) < 4.78 is 5.95. The van der Waals surface area contributed by atoms with Crippen molar-refractivity contribution in [3.05, 3.63) is 23.2 Å². The molecule has 1 saturated carbocycles. The van der Waals surface area contributed by atoms with Crippen molar-refractivity contribution in [3.63, 3.8) is 0 Å². The molecule has 0 spiro atoms. The Balaban J connectivity index is 1.55. The van der Waals surface area contributed by atoms with Crippen LogP contribution in [0.1, 0.15) is 43.3 Å². The molecule has 1 unspecified atom stereocenters. The SMILES string of the molecule is CCC1CN(Cc2cc(CNC3CC3)c(C)o2)CCS1. The van der Waals surface area contributed by atoms with Crippen LogP contribution < -0.4 is 5.32 Å². The van der Waals surface area contributed by atoms with Gasteiger partial charge >= 0.3 is 0 Å². The zero-order chi connectivity index (χ0) is 13.9. The third kappa shape index (κ3) is 3.80. The second-order valence-electron chi connectivity index (χ2n) is 6.09. The molecule has 0 amide bonds. The molecule has 1 N–H and O–H groups in total. The van der Waals surface area contributed by atoms with E-state index in [4.69, 9.17) is 4.42 Å². The first kappa shape index (κ1) is 14.5. The van der Waals surface area contributed by atoms with Gasteiger partial charge in [0, 0.05) is 42.2 Å². The molecule has 2 aliphatic rings. The molecular weight excluding hydrogens is 268 g/mol. The average Bonchev–Trinajstić information content (AvgIpc) is 3.21. The van der Waals surface area contributed by atoms with Crippen molar-refractivity contribution in [1.29, 1.82) is 0 Å². The summed E-state index contributed by atoms with van der Waals surface area (Å²) in [5.41, 5.74) is 1.34. The van der Waals surface area contributed by atoms with E-state index in [0.717, 1.165) is 35.9 Å². The summed E-state index contributed by atoms with van der Waals surface area (Å²) >= 11 is 2.12. The minimum Gasteiger partial charge on any atom is -0.465 e. The molecule has 0 bridgehead atoms. The molecule has 1 aliphatic carbocycles. The first-order valence-corrected chi connectivity index (χ1v) is 8.95. The van der Waals surface area contributed by atoms with Gasteiger partial charge in [-0.25, -0.2) is 0 Å². The molecule has 0 aromatic carbocycles. The molecule has 1 aromatic rings.